The normalized spacial score (nSPS) is 19.6. The number of rotatable bonds is 7. The number of aromatic nitrogens is 6. The molecule has 1 aliphatic rings. The SMILES string of the molecule is COC[C@]1(C)CCCN(Cc2cc(Nc3nc(C)cn4c(-c5cn[nH]c5)cnc34)sn2)C1. The largest absolute Gasteiger partial charge is 0.384 e. The van der Waals surface area contributed by atoms with E-state index in [4.69, 9.17) is 9.72 Å². The Morgan fingerprint density at radius 3 is 3.06 bits per heavy atom. The average Bonchev–Trinajstić information content (AvgIpc) is 3.49. The zero-order chi connectivity index (χ0) is 22.1. The topological polar surface area (TPSA) is 96.3 Å². The zero-order valence-corrected chi connectivity index (χ0v) is 19.4. The smallest absolute Gasteiger partial charge is 0.180 e. The molecule has 4 aromatic rings. The molecule has 2 N–H and O–H groups in total. The number of hydrogen-bond donors (Lipinski definition) is 2. The summed E-state index contributed by atoms with van der Waals surface area (Å²) in [6, 6.07) is 2.12. The van der Waals surface area contributed by atoms with Crippen LogP contribution in [0.5, 0.6) is 0 Å². The molecule has 168 valence electrons. The van der Waals surface area contributed by atoms with Crippen molar-refractivity contribution in [2.24, 2.45) is 5.41 Å². The minimum Gasteiger partial charge on any atom is -0.384 e. The molecular weight excluding hydrogens is 424 g/mol. The Labute approximate surface area is 191 Å². The molecule has 10 heteroatoms. The first kappa shape index (κ1) is 21.0. The Bertz CT molecular complexity index is 1200. The first-order valence-electron chi connectivity index (χ1n) is 10.8. The van der Waals surface area contributed by atoms with Crippen LogP contribution >= 0.6 is 11.5 Å². The van der Waals surface area contributed by atoms with Gasteiger partial charge in [-0.05, 0) is 43.9 Å². The molecular formula is C22H28N8OS. The molecule has 0 spiro atoms. The molecule has 0 saturated carbocycles. The number of nitrogens with zero attached hydrogens (tertiary/aromatic N) is 6. The van der Waals surface area contributed by atoms with Crippen LogP contribution in [0.1, 0.15) is 31.2 Å². The van der Waals surface area contributed by atoms with Gasteiger partial charge in [-0.3, -0.25) is 14.4 Å². The van der Waals surface area contributed by atoms with E-state index in [2.05, 4.69) is 42.8 Å². The number of nitrogens with one attached hydrogen (secondary N) is 2. The molecule has 1 atom stereocenters. The fourth-order valence-corrected chi connectivity index (χ4v) is 5.27. The second-order valence-corrected chi connectivity index (χ2v) is 9.73. The summed E-state index contributed by atoms with van der Waals surface area (Å²) < 4.78 is 12.2. The van der Waals surface area contributed by atoms with Gasteiger partial charge in [-0.2, -0.15) is 9.47 Å². The molecule has 1 fully saturated rings. The van der Waals surface area contributed by atoms with Crippen molar-refractivity contribution in [1.82, 2.24) is 33.8 Å². The van der Waals surface area contributed by atoms with Crippen LogP contribution < -0.4 is 5.32 Å². The number of anilines is 2. The minimum absolute atomic E-state index is 0.217. The van der Waals surface area contributed by atoms with Gasteiger partial charge < -0.3 is 10.1 Å². The highest BCUT2D eigenvalue weighted by molar-refractivity contribution is 7.10. The fourth-order valence-electron chi connectivity index (χ4n) is 4.62. The van der Waals surface area contributed by atoms with Gasteiger partial charge in [-0.15, -0.1) is 0 Å². The van der Waals surface area contributed by atoms with Crippen molar-refractivity contribution in [2.45, 2.75) is 33.2 Å². The Hall–Kier alpha value is -2.82. The van der Waals surface area contributed by atoms with E-state index in [1.165, 1.54) is 24.4 Å². The van der Waals surface area contributed by atoms with Crippen molar-refractivity contribution in [3.63, 3.8) is 0 Å². The summed E-state index contributed by atoms with van der Waals surface area (Å²) in [6.07, 6.45) is 9.89. The number of piperidine rings is 1. The van der Waals surface area contributed by atoms with Crippen LogP contribution in [0.2, 0.25) is 0 Å². The number of aryl methyl sites for hydroxylation is 1. The van der Waals surface area contributed by atoms with Gasteiger partial charge in [-0.25, -0.2) is 9.97 Å². The molecule has 1 saturated heterocycles. The van der Waals surface area contributed by atoms with Crippen molar-refractivity contribution < 1.29 is 4.74 Å². The average molecular weight is 453 g/mol. The predicted molar refractivity (Wildman–Crippen MR) is 125 cm³/mol. The van der Waals surface area contributed by atoms with Gasteiger partial charge in [0, 0.05) is 43.6 Å². The minimum atomic E-state index is 0.217. The van der Waals surface area contributed by atoms with Gasteiger partial charge in [0.05, 0.1) is 36.1 Å². The lowest BCUT2D eigenvalue weighted by Gasteiger charge is -2.39. The summed E-state index contributed by atoms with van der Waals surface area (Å²) in [5.74, 6) is 0.723. The molecule has 5 rings (SSSR count). The third kappa shape index (κ3) is 4.25. The molecule has 0 bridgehead atoms. The number of methoxy groups -OCH3 is 1. The second-order valence-electron chi connectivity index (χ2n) is 8.92. The number of fused-ring (bicyclic) bond motifs is 1. The number of ether oxygens (including phenoxy) is 1. The highest BCUT2D eigenvalue weighted by Crippen LogP contribution is 2.31. The molecule has 9 nitrogen and oxygen atoms in total. The number of hydrogen-bond acceptors (Lipinski definition) is 8. The van der Waals surface area contributed by atoms with Crippen molar-refractivity contribution in [1.29, 1.82) is 0 Å². The van der Waals surface area contributed by atoms with E-state index in [9.17, 15) is 0 Å². The number of aromatic amines is 1. The number of imidazole rings is 1. The standard InChI is InChI=1S/C22H28N8OS/c1-15-11-30-18(16-8-24-25-9-16)10-23-21(30)20(26-15)27-19-7-17(28-32-19)12-29-6-4-5-22(2,13-29)14-31-3/h7-11H,4-6,12-14H2,1-3H3,(H,24,25)(H,26,27)/t22-/m1/s1. The van der Waals surface area contributed by atoms with Crippen molar-refractivity contribution in [3.8, 4) is 11.3 Å². The maximum Gasteiger partial charge on any atom is 0.180 e. The van der Waals surface area contributed by atoms with Gasteiger partial charge in [-0.1, -0.05) is 6.92 Å². The fraction of sp³-hybridized carbons (Fsp3) is 0.455. The lowest BCUT2D eigenvalue weighted by molar-refractivity contribution is 0.0213. The summed E-state index contributed by atoms with van der Waals surface area (Å²) in [4.78, 5) is 11.8. The first-order chi connectivity index (χ1) is 15.5. The quantitative estimate of drug-likeness (QED) is 0.439. The highest BCUT2D eigenvalue weighted by Gasteiger charge is 2.31. The molecule has 4 aromatic heterocycles. The van der Waals surface area contributed by atoms with Crippen LogP contribution in [0, 0.1) is 12.3 Å². The van der Waals surface area contributed by atoms with Gasteiger partial charge in [0.15, 0.2) is 11.5 Å². The van der Waals surface area contributed by atoms with Crippen LogP contribution in [-0.2, 0) is 11.3 Å². The van der Waals surface area contributed by atoms with Gasteiger partial charge in [0.2, 0.25) is 0 Å². The summed E-state index contributed by atoms with van der Waals surface area (Å²) in [5.41, 5.74) is 4.92. The van der Waals surface area contributed by atoms with E-state index in [0.29, 0.717) is 0 Å². The summed E-state index contributed by atoms with van der Waals surface area (Å²) in [7, 11) is 1.79. The summed E-state index contributed by atoms with van der Waals surface area (Å²) >= 11 is 1.46. The number of H-pyrrole nitrogens is 1. The molecule has 32 heavy (non-hydrogen) atoms. The Balaban J connectivity index is 1.34. The van der Waals surface area contributed by atoms with Crippen LogP contribution in [-0.4, -0.2) is 60.6 Å². The second kappa shape index (κ2) is 8.61. The molecule has 0 aliphatic carbocycles. The van der Waals surface area contributed by atoms with E-state index in [1.807, 2.05) is 29.9 Å². The molecule has 5 heterocycles. The highest BCUT2D eigenvalue weighted by atomic mass is 32.1. The summed E-state index contributed by atoms with van der Waals surface area (Å²) in [6.45, 7) is 8.08. The summed E-state index contributed by atoms with van der Waals surface area (Å²) in [5, 5.41) is 11.3. The van der Waals surface area contributed by atoms with Crippen LogP contribution in [0.4, 0.5) is 10.8 Å². The van der Waals surface area contributed by atoms with Crippen molar-refractivity contribution >= 4 is 28.0 Å². The molecule has 0 amide bonds. The lowest BCUT2D eigenvalue weighted by atomic mass is 9.82. The first-order valence-corrected chi connectivity index (χ1v) is 11.6. The molecule has 1 aliphatic heterocycles. The van der Waals surface area contributed by atoms with E-state index in [1.54, 1.807) is 13.3 Å². The molecule has 0 aromatic carbocycles. The zero-order valence-electron chi connectivity index (χ0n) is 18.6. The Morgan fingerprint density at radius 1 is 1.34 bits per heavy atom. The third-order valence-corrected chi connectivity index (χ3v) is 6.69. The van der Waals surface area contributed by atoms with E-state index in [-0.39, 0.29) is 5.41 Å². The van der Waals surface area contributed by atoms with E-state index < -0.39 is 0 Å². The van der Waals surface area contributed by atoms with Crippen LogP contribution in [0.25, 0.3) is 16.9 Å². The Morgan fingerprint density at radius 2 is 2.25 bits per heavy atom. The van der Waals surface area contributed by atoms with E-state index >= 15 is 0 Å². The van der Waals surface area contributed by atoms with Crippen molar-refractivity contribution in [2.75, 3.05) is 32.1 Å². The predicted octanol–water partition coefficient (Wildman–Crippen LogP) is 3.88. The lowest BCUT2D eigenvalue weighted by Crippen LogP contribution is -2.43. The van der Waals surface area contributed by atoms with Gasteiger partial charge >= 0.3 is 0 Å². The third-order valence-electron chi connectivity index (χ3n) is 5.95. The maximum absolute atomic E-state index is 5.45. The number of likely N-dealkylation sites (tertiary alicyclic amines) is 1. The van der Waals surface area contributed by atoms with E-state index in [0.717, 1.165) is 65.4 Å². The van der Waals surface area contributed by atoms with Gasteiger partial charge in [0.25, 0.3) is 0 Å². The van der Waals surface area contributed by atoms with Crippen LogP contribution in [0.3, 0.4) is 0 Å². The van der Waals surface area contributed by atoms with Crippen molar-refractivity contribution in [3.05, 3.63) is 42.2 Å². The maximum atomic E-state index is 5.45. The molecule has 0 radical (unpaired) electrons. The van der Waals surface area contributed by atoms with Gasteiger partial charge in [0.1, 0.15) is 5.00 Å². The monoisotopic (exact) mass is 452 g/mol. The Kier molecular flexibility index (Phi) is 5.66. The molecule has 0 unspecified atom stereocenters. The van der Waals surface area contributed by atoms with Crippen LogP contribution in [0.15, 0.2) is 30.9 Å².